The third-order valence-corrected chi connectivity index (χ3v) is 10.5. The van der Waals surface area contributed by atoms with E-state index in [1.54, 1.807) is 6.07 Å². The van der Waals surface area contributed by atoms with Gasteiger partial charge in [-0.25, -0.2) is 13.2 Å². The van der Waals surface area contributed by atoms with E-state index < -0.39 is 29.1 Å². The van der Waals surface area contributed by atoms with Crippen molar-refractivity contribution in [3.63, 3.8) is 0 Å². The Balaban J connectivity index is 0.000000216. The van der Waals surface area contributed by atoms with Crippen molar-refractivity contribution in [2.45, 2.75) is 86.2 Å². The summed E-state index contributed by atoms with van der Waals surface area (Å²) < 4.78 is 77.9. The Morgan fingerprint density at radius 2 is 1.14 bits per heavy atom. The summed E-state index contributed by atoms with van der Waals surface area (Å²) in [6, 6.07) is 21.1. The molecule has 1 aliphatic carbocycles. The van der Waals surface area contributed by atoms with E-state index in [4.69, 9.17) is 4.74 Å². The summed E-state index contributed by atoms with van der Waals surface area (Å²) in [6.45, 7) is 13.1. The Morgan fingerprint density at radius 3 is 1.66 bits per heavy atom. The van der Waals surface area contributed by atoms with Crippen LogP contribution in [-0.2, 0) is 6.11 Å². The Hall–Kier alpha value is -4.85. The van der Waals surface area contributed by atoms with Crippen molar-refractivity contribution in [3.05, 3.63) is 135 Å². The van der Waals surface area contributed by atoms with Gasteiger partial charge < -0.3 is 4.74 Å². The highest BCUT2D eigenvalue weighted by Gasteiger charge is 2.40. The number of nitrogens with zero attached hydrogens (tertiary/aromatic N) is 2. The van der Waals surface area contributed by atoms with Crippen molar-refractivity contribution in [3.8, 4) is 28.0 Å². The first-order valence-corrected chi connectivity index (χ1v) is 19.2. The van der Waals surface area contributed by atoms with E-state index in [0.29, 0.717) is 5.92 Å². The molecule has 56 heavy (non-hydrogen) atoms. The maximum atomic E-state index is 14.9. The van der Waals surface area contributed by atoms with Crippen molar-refractivity contribution in [1.29, 1.82) is 0 Å². The third-order valence-electron chi connectivity index (χ3n) is 10.3. The van der Waals surface area contributed by atoms with Crippen LogP contribution in [0.2, 0.25) is 0 Å². The number of hydrogen-bond donors (Lipinski definition) is 0. The summed E-state index contributed by atoms with van der Waals surface area (Å²) in [5, 5.41) is 4.28. The lowest BCUT2D eigenvalue weighted by Gasteiger charge is -2.28. The van der Waals surface area contributed by atoms with Crippen molar-refractivity contribution in [1.82, 2.24) is 0 Å². The number of aryl methyl sites for hydroxylation is 6. The fraction of sp³-hybridized carbons (Fsp3) is 0.304. The largest absolute Gasteiger partial charge is 0.429 e. The van der Waals surface area contributed by atoms with Gasteiger partial charge in [0.15, 0.2) is 11.6 Å². The second-order valence-corrected chi connectivity index (χ2v) is 15.1. The predicted molar refractivity (Wildman–Crippen MR) is 223 cm³/mol. The first kappa shape index (κ1) is 42.3. The quantitative estimate of drug-likeness (QED) is 0.0891. The van der Waals surface area contributed by atoms with Gasteiger partial charge in [0.1, 0.15) is 28.5 Å². The SMILES string of the molecule is Cc1cc(OC(F)(F)c2c(C)cc(C3CCC(C)CC3)cc2F)cc(F)c1N=C=S.Cc1ccc(-c2cc(C)c(-c3cc(C)c(N=C=S)c(F)c3)c(C)c2)cc1. The summed E-state index contributed by atoms with van der Waals surface area (Å²) in [5.74, 6) is -1.90. The number of benzene rings is 5. The zero-order valence-corrected chi connectivity index (χ0v) is 34.1. The third kappa shape index (κ3) is 9.74. The van der Waals surface area contributed by atoms with Crippen LogP contribution in [0.5, 0.6) is 5.75 Å². The Labute approximate surface area is 336 Å². The average Bonchev–Trinajstić information content (AvgIpc) is 3.11. The number of isothiocyanates is 2. The summed E-state index contributed by atoms with van der Waals surface area (Å²) in [7, 11) is 0. The van der Waals surface area contributed by atoms with Gasteiger partial charge in [-0.3, -0.25) is 0 Å². The molecule has 0 amide bonds. The second-order valence-electron chi connectivity index (χ2n) is 14.7. The summed E-state index contributed by atoms with van der Waals surface area (Å²) in [4.78, 5) is 7.41. The predicted octanol–water partition coefficient (Wildman–Crippen LogP) is 14.9. The van der Waals surface area contributed by atoms with Crippen molar-refractivity contribution >= 4 is 46.1 Å². The molecular formula is C46H43F5N2OS2. The van der Waals surface area contributed by atoms with Gasteiger partial charge in [-0.05, 0) is 171 Å². The van der Waals surface area contributed by atoms with E-state index >= 15 is 0 Å². The molecule has 10 heteroatoms. The summed E-state index contributed by atoms with van der Waals surface area (Å²) in [5.41, 5.74) is 8.89. The second kappa shape index (κ2) is 18.0. The van der Waals surface area contributed by atoms with Crippen molar-refractivity contribution < 1.29 is 26.7 Å². The van der Waals surface area contributed by atoms with Crippen molar-refractivity contribution in [2.75, 3.05) is 0 Å². The monoisotopic (exact) mass is 798 g/mol. The van der Waals surface area contributed by atoms with Crippen molar-refractivity contribution in [2.24, 2.45) is 15.9 Å². The maximum Gasteiger partial charge on any atom is 0.429 e. The van der Waals surface area contributed by atoms with Crippen LogP contribution in [0.4, 0.5) is 33.3 Å². The molecule has 0 radical (unpaired) electrons. The molecule has 290 valence electrons. The van der Waals surface area contributed by atoms with Crippen LogP contribution in [0.3, 0.4) is 0 Å². The minimum Gasteiger partial charge on any atom is -0.429 e. The number of thiocarbonyl (C=S) groups is 2. The van der Waals surface area contributed by atoms with Crippen LogP contribution in [0.25, 0.3) is 22.3 Å². The van der Waals surface area contributed by atoms with Crippen LogP contribution >= 0.6 is 24.4 Å². The van der Waals surface area contributed by atoms with E-state index in [0.717, 1.165) is 65.1 Å². The lowest BCUT2D eigenvalue weighted by molar-refractivity contribution is -0.188. The zero-order chi connectivity index (χ0) is 40.9. The molecule has 1 saturated carbocycles. The number of hydrogen-bond acceptors (Lipinski definition) is 5. The van der Waals surface area contributed by atoms with E-state index in [2.05, 4.69) is 104 Å². The molecule has 0 atom stereocenters. The number of aliphatic imine (C=N–C) groups is 2. The molecule has 3 nitrogen and oxygen atoms in total. The highest BCUT2D eigenvalue weighted by atomic mass is 32.1. The molecule has 1 fully saturated rings. The van der Waals surface area contributed by atoms with Gasteiger partial charge in [0.05, 0.1) is 10.3 Å². The number of alkyl halides is 2. The lowest BCUT2D eigenvalue weighted by atomic mass is 9.79. The Bertz CT molecular complexity index is 2260. The van der Waals surface area contributed by atoms with Gasteiger partial charge in [-0.2, -0.15) is 18.8 Å². The van der Waals surface area contributed by atoms with Gasteiger partial charge >= 0.3 is 6.11 Å². The molecule has 0 N–H and O–H groups in total. The highest BCUT2D eigenvalue weighted by molar-refractivity contribution is 7.78. The zero-order valence-electron chi connectivity index (χ0n) is 32.4. The number of rotatable bonds is 8. The first-order chi connectivity index (χ1) is 26.5. The lowest BCUT2D eigenvalue weighted by Crippen LogP contribution is -2.25. The molecule has 0 aliphatic heterocycles. The van der Waals surface area contributed by atoms with Gasteiger partial charge in [-0.15, -0.1) is 0 Å². The molecule has 5 aromatic carbocycles. The summed E-state index contributed by atoms with van der Waals surface area (Å²) >= 11 is 9.06. The molecule has 0 bridgehead atoms. The fourth-order valence-electron chi connectivity index (χ4n) is 7.52. The topological polar surface area (TPSA) is 34.0 Å². The molecule has 0 aromatic heterocycles. The molecule has 5 aromatic rings. The van der Waals surface area contributed by atoms with Crippen LogP contribution in [0.1, 0.15) is 83.0 Å². The van der Waals surface area contributed by atoms with Gasteiger partial charge in [0, 0.05) is 6.07 Å². The Kier molecular flexibility index (Phi) is 13.6. The fourth-order valence-corrected chi connectivity index (χ4v) is 7.70. The number of ether oxygens (including phenoxy) is 1. The molecule has 6 rings (SSSR count). The molecule has 0 saturated heterocycles. The smallest absolute Gasteiger partial charge is 0.429 e. The molecule has 0 spiro atoms. The standard InChI is InChI=1S/C23H23F4NOS.C23H20FNS/c1-13-4-6-16(7-5-13)17-8-14(2)21(19(24)10-17)23(26,27)29-18-9-15(3)22(28-12-30)20(25)11-18;1-14-5-7-18(8-6-14)19-9-15(2)22(16(3)10-19)20-11-17(4)23(25-13-26)21(24)12-20/h8-11,13,16H,4-7H2,1-3H3;5-12H,1-4H3. The van der Waals surface area contributed by atoms with Gasteiger partial charge in [-0.1, -0.05) is 67.8 Å². The van der Waals surface area contributed by atoms with Crippen LogP contribution in [0, 0.1) is 64.9 Å². The molecule has 1 aliphatic rings. The Morgan fingerprint density at radius 1 is 0.607 bits per heavy atom. The van der Waals surface area contributed by atoms with Crippen LogP contribution in [-0.4, -0.2) is 10.3 Å². The minimum absolute atomic E-state index is 0.103. The maximum absolute atomic E-state index is 14.9. The normalized spacial score (nSPS) is 15.2. The van der Waals surface area contributed by atoms with E-state index in [1.165, 1.54) is 48.7 Å². The first-order valence-electron chi connectivity index (χ1n) is 18.3. The van der Waals surface area contributed by atoms with Crippen LogP contribution < -0.4 is 4.74 Å². The van der Waals surface area contributed by atoms with Gasteiger partial charge in [0.2, 0.25) is 0 Å². The minimum atomic E-state index is -3.97. The highest BCUT2D eigenvalue weighted by Crippen LogP contribution is 2.41. The van der Waals surface area contributed by atoms with Crippen LogP contribution in [0.15, 0.2) is 82.8 Å². The molecule has 0 heterocycles. The molecule has 0 unspecified atom stereocenters. The number of halogens is 5. The van der Waals surface area contributed by atoms with E-state index in [1.807, 2.05) is 18.2 Å². The molecular weight excluding hydrogens is 756 g/mol. The summed E-state index contributed by atoms with van der Waals surface area (Å²) in [6.07, 6.45) is -0.0502. The average molecular weight is 799 g/mol. The van der Waals surface area contributed by atoms with E-state index in [9.17, 15) is 22.0 Å². The van der Waals surface area contributed by atoms with E-state index in [-0.39, 0.29) is 34.2 Å². The van der Waals surface area contributed by atoms with Gasteiger partial charge in [0.25, 0.3) is 0 Å².